The van der Waals surface area contributed by atoms with E-state index in [-0.39, 0.29) is 6.10 Å². The summed E-state index contributed by atoms with van der Waals surface area (Å²) >= 11 is 0. The van der Waals surface area contributed by atoms with E-state index in [0.29, 0.717) is 6.42 Å². The molecule has 1 N–H and O–H groups in total. The molecule has 0 fully saturated rings. The number of hydrogen-bond acceptors (Lipinski definition) is 2. The fourth-order valence-corrected chi connectivity index (χ4v) is 1.37. The number of methoxy groups -OCH3 is 1. The van der Waals surface area contributed by atoms with E-state index >= 15 is 0 Å². The minimum absolute atomic E-state index is 0.203. The molecular formula is C11H16O2. The van der Waals surface area contributed by atoms with Gasteiger partial charge in [0.1, 0.15) is 6.10 Å². The van der Waals surface area contributed by atoms with E-state index in [1.165, 1.54) is 0 Å². The van der Waals surface area contributed by atoms with Crippen LogP contribution in [0.1, 0.15) is 25.0 Å². The molecule has 0 aliphatic carbocycles. The van der Waals surface area contributed by atoms with E-state index in [9.17, 15) is 5.11 Å². The Labute approximate surface area is 79.2 Å². The second-order valence-corrected chi connectivity index (χ2v) is 3.04. The second kappa shape index (κ2) is 5.00. The molecule has 1 aromatic rings. The van der Waals surface area contributed by atoms with Gasteiger partial charge in [-0.1, -0.05) is 37.3 Å². The number of rotatable bonds is 4. The summed E-state index contributed by atoms with van der Waals surface area (Å²) in [6.45, 7) is 1.94. The maximum atomic E-state index is 9.65. The van der Waals surface area contributed by atoms with Crippen LogP contribution in [0.5, 0.6) is 0 Å². The standard InChI is InChI=1S/C11H16O2/c1-3-10(12)11(13-2)9-7-5-4-6-8-9/h4-8,10-12H,3H2,1-2H3. The molecule has 13 heavy (non-hydrogen) atoms. The topological polar surface area (TPSA) is 29.5 Å². The summed E-state index contributed by atoms with van der Waals surface area (Å²) in [5, 5.41) is 9.65. The first-order valence-electron chi connectivity index (χ1n) is 4.55. The molecule has 0 radical (unpaired) electrons. The number of hydrogen-bond donors (Lipinski definition) is 1. The maximum Gasteiger partial charge on any atom is 0.108 e. The van der Waals surface area contributed by atoms with Crippen LogP contribution in [0.15, 0.2) is 30.3 Å². The van der Waals surface area contributed by atoms with E-state index < -0.39 is 6.10 Å². The summed E-state index contributed by atoms with van der Waals surface area (Å²) in [5.74, 6) is 0. The predicted molar refractivity (Wildman–Crippen MR) is 52.5 cm³/mol. The van der Waals surface area contributed by atoms with Crippen molar-refractivity contribution in [1.82, 2.24) is 0 Å². The molecule has 1 aromatic carbocycles. The third kappa shape index (κ3) is 2.54. The molecule has 2 unspecified atom stereocenters. The second-order valence-electron chi connectivity index (χ2n) is 3.04. The van der Waals surface area contributed by atoms with Crippen molar-refractivity contribution in [2.24, 2.45) is 0 Å². The summed E-state index contributed by atoms with van der Waals surface area (Å²) in [6.07, 6.45) is 0.0755. The zero-order valence-corrected chi connectivity index (χ0v) is 8.10. The summed E-state index contributed by atoms with van der Waals surface area (Å²) < 4.78 is 5.24. The number of benzene rings is 1. The highest BCUT2D eigenvalue weighted by Gasteiger charge is 2.18. The SMILES string of the molecule is CCC(O)C(OC)c1ccccc1. The van der Waals surface area contributed by atoms with Gasteiger partial charge < -0.3 is 9.84 Å². The Morgan fingerprint density at radius 1 is 1.31 bits per heavy atom. The van der Waals surface area contributed by atoms with Crippen molar-refractivity contribution in [2.75, 3.05) is 7.11 Å². The highest BCUT2D eigenvalue weighted by atomic mass is 16.5. The molecule has 2 nitrogen and oxygen atoms in total. The monoisotopic (exact) mass is 180 g/mol. The Bertz CT molecular complexity index is 233. The first kappa shape index (κ1) is 10.2. The van der Waals surface area contributed by atoms with Gasteiger partial charge in [-0.05, 0) is 12.0 Å². The smallest absolute Gasteiger partial charge is 0.108 e. The fourth-order valence-electron chi connectivity index (χ4n) is 1.37. The molecule has 0 aliphatic heterocycles. The minimum atomic E-state index is -0.424. The van der Waals surface area contributed by atoms with Gasteiger partial charge in [-0.3, -0.25) is 0 Å². The Morgan fingerprint density at radius 3 is 2.38 bits per heavy atom. The summed E-state index contributed by atoms with van der Waals surface area (Å²) in [6, 6.07) is 9.78. The molecule has 0 amide bonds. The highest BCUT2D eigenvalue weighted by molar-refractivity contribution is 5.18. The molecule has 0 bridgehead atoms. The van der Waals surface area contributed by atoms with E-state index in [1.807, 2.05) is 37.3 Å². The summed E-state index contributed by atoms with van der Waals surface area (Å²) in [7, 11) is 1.62. The van der Waals surface area contributed by atoms with Crippen molar-refractivity contribution in [1.29, 1.82) is 0 Å². The molecule has 0 saturated heterocycles. The number of ether oxygens (including phenoxy) is 1. The Kier molecular flexibility index (Phi) is 3.93. The Morgan fingerprint density at radius 2 is 1.92 bits per heavy atom. The molecule has 0 spiro atoms. The van der Waals surface area contributed by atoms with Crippen molar-refractivity contribution in [2.45, 2.75) is 25.6 Å². The van der Waals surface area contributed by atoms with Crippen LogP contribution in [-0.4, -0.2) is 18.3 Å². The molecule has 1 rings (SSSR count). The van der Waals surface area contributed by atoms with Crippen LogP contribution in [0.2, 0.25) is 0 Å². The Balaban J connectivity index is 2.78. The van der Waals surface area contributed by atoms with Crippen LogP contribution in [0, 0.1) is 0 Å². The van der Waals surface area contributed by atoms with Gasteiger partial charge in [0.15, 0.2) is 0 Å². The van der Waals surface area contributed by atoms with Gasteiger partial charge in [-0.2, -0.15) is 0 Å². The lowest BCUT2D eigenvalue weighted by atomic mass is 10.0. The van der Waals surface area contributed by atoms with E-state index in [4.69, 9.17) is 4.74 Å². The lowest BCUT2D eigenvalue weighted by Gasteiger charge is -2.20. The molecular weight excluding hydrogens is 164 g/mol. The van der Waals surface area contributed by atoms with E-state index in [2.05, 4.69) is 0 Å². The van der Waals surface area contributed by atoms with Gasteiger partial charge in [-0.15, -0.1) is 0 Å². The third-order valence-corrected chi connectivity index (χ3v) is 2.15. The molecule has 2 heteroatoms. The van der Waals surface area contributed by atoms with Gasteiger partial charge in [0.2, 0.25) is 0 Å². The lowest BCUT2D eigenvalue weighted by molar-refractivity contribution is -0.0148. The first-order chi connectivity index (χ1) is 6.29. The molecule has 0 saturated carbocycles. The predicted octanol–water partition coefficient (Wildman–Crippen LogP) is 2.14. The zero-order chi connectivity index (χ0) is 9.68. The van der Waals surface area contributed by atoms with Crippen molar-refractivity contribution in [3.8, 4) is 0 Å². The van der Waals surface area contributed by atoms with E-state index in [1.54, 1.807) is 7.11 Å². The summed E-state index contributed by atoms with van der Waals surface area (Å²) in [4.78, 5) is 0. The van der Waals surface area contributed by atoms with Gasteiger partial charge in [0.05, 0.1) is 6.10 Å². The summed E-state index contributed by atoms with van der Waals surface area (Å²) in [5.41, 5.74) is 1.03. The largest absolute Gasteiger partial charge is 0.390 e. The van der Waals surface area contributed by atoms with Crippen LogP contribution in [0.4, 0.5) is 0 Å². The average molecular weight is 180 g/mol. The van der Waals surface area contributed by atoms with Gasteiger partial charge in [-0.25, -0.2) is 0 Å². The van der Waals surface area contributed by atoms with Crippen LogP contribution < -0.4 is 0 Å². The van der Waals surface area contributed by atoms with Crippen molar-refractivity contribution < 1.29 is 9.84 Å². The highest BCUT2D eigenvalue weighted by Crippen LogP contribution is 2.21. The van der Waals surface area contributed by atoms with Crippen LogP contribution >= 0.6 is 0 Å². The molecule has 0 aliphatic rings. The lowest BCUT2D eigenvalue weighted by Crippen LogP contribution is -2.18. The van der Waals surface area contributed by atoms with Gasteiger partial charge in [0.25, 0.3) is 0 Å². The van der Waals surface area contributed by atoms with Gasteiger partial charge >= 0.3 is 0 Å². The average Bonchev–Trinajstić information content (AvgIpc) is 2.20. The normalized spacial score (nSPS) is 15.3. The first-order valence-corrected chi connectivity index (χ1v) is 4.55. The molecule has 2 atom stereocenters. The van der Waals surface area contributed by atoms with Crippen molar-refractivity contribution in [3.05, 3.63) is 35.9 Å². The van der Waals surface area contributed by atoms with Crippen molar-refractivity contribution in [3.63, 3.8) is 0 Å². The molecule has 72 valence electrons. The van der Waals surface area contributed by atoms with Crippen LogP contribution in [0.25, 0.3) is 0 Å². The third-order valence-electron chi connectivity index (χ3n) is 2.15. The quantitative estimate of drug-likeness (QED) is 0.769. The number of aliphatic hydroxyl groups is 1. The van der Waals surface area contributed by atoms with E-state index in [0.717, 1.165) is 5.56 Å². The maximum absolute atomic E-state index is 9.65. The van der Waals surface area contributed by atoms with Crippen LogP contribution in [-0.2, 0) is 4.74 Å². The fraction of sp³-hybridized carbons (Fsp3) is 0.455. The minimum Gasteiger partial charge on any atom is -0.390 e. The molecule has 0 heterocycles. The zero-order valence-electron chi connectivity index (χ0n) is 8.10. The number of aliphatic hydroxyl groups excluding tert-OH is 1. The molecule has 0 aromatic heterocycles. The van der Waals surface area contributed by atoms with Gasteiger partial charge in [0, 0.05) is 7.11 Å². The van der Waals surface area contributed by atoms with Crippen molar-refractivity contribution >= 4 is 0 Å². The Hall–Kier alpha value is -0.860. The van der Waals surface area contributed by atoms with Crippen LogP contribution in [0.3, 0.4) is 0 Å².